The molecule has 2 aliphatic heterocycles. The predicted molar refractivity (Wildman–Crippen MR) is 130 cm³/mol. The summed E-state index contributed by atoms with van der Waals surface area (Å²) in [5.41, 5.74) is 3.51. The second kappa shape index (κ2) is 8.02. The molecule has 1 atom stereocenters. The zero-order valence-corrected chi connectivity index (χ0v) is 19.9. The summed E-state index contributed by atoms with van der Waals surface area (Å²) in [6.07, 6.45) is 0.905. The van der Waals surface area contributed by atoms with Crippen LogP contribution in [-0.4, -0.2) is 17.6 Å². The molecular weight excluding hydrogens is 498 g/mol. The third-order valence-corrected chi connectivity index (χ3v) is 6.91. The van der Waals surface area contributed by atoms with Crippen molar-refractivity contribution >= 4 is 32.8 Å². The van der Waals surface area contributed by atoms with Crippen LogP contribution in [0.2, 0.25) is 0 Å². The van der Waals surface area contributed by atoms with Crippen LogP contribution in [0.1, 0.15) is 45.8 Å². The average molecular weight is 518 g/mol. The van der Waals surface area contributed by atoms with Crippen LogP contribution in [0.15, 0.2) is 74.3 Å². The summed E-state index contributed by atoms with van der Waals surface area (Å²) in [6.45, 7) is 2.56. The maximum atomic E-state index is 13.7. The van der Waals surface area contributed by atoms with Crippen molar-refractivity contribution in [3.63, 3.8) is 0 Å². The van der Waals surface area contributed by atoms with Gasteiger partial charge in [-0.3, -0.25) is 9.59 Å². The van der Waals surface area contributed by atoms with E-state index in [2.05, 4.69) is 22.9 Å². The van der Waals surface area contributed by atoms with Crippen LogP contribution in [0.5, 0.6) is 11.5 Å². The van der Waals surface area contributed by atoms with Gasteiger partial charge < -0.3 is 18.8 Å². The van der Waals surface area contributed by atoms with E-state index < -0.39 is 6.04 Å². The number of nitrogens with zero attached hydrogens (tertiary/aromatic N) is 1. The Kier molecular flexibility index (Phi) is 4.95. The molecule has 0 radical (unpaired) electrons. The number of amides is 1. The van der Waals surface area contributed by atoms with Crippen LogP contribution in [0, 0.1) is 0 Å². The number of halogens is 1. The molecule has 34 heavy (non-hydrogen) atoms. The van der Waals surface area contributed by atoms with Crippen LogP contribution in [0.3, 0.4) is 0 Å². The molecule has 3 aromatic carbocycles. The van der Waals surface area contributed by atoms with Crippen molar-refractivity contribution in [3.05, 3.63) is 103 Å². The summed E-state index contributed by atoms with van der Waals surface area (Å²) < 4.78 is 17.7. The van der Waals surface area contributed by atoms with Crippen molar-refractivity contribution < 1.29 is 18.7 Å². The fourth-order valence-corrected chi connectivity index (χ4v) is 5.03. The summed E-state index contributed by atoms with van der Waals surface area (Å²) in [5, 5.41) is 0.445. The fraction of sp³-hybridized carbons (Fsp3) is 0.185. The zero-order valence-electron chi connectivity index (χ0n) is 18.3. The third kappa shape index (κ3) is 3.30. The minimum absolute atomic E-state index is 0.102. The van der Waals surface area contributed by atoms with Gasteiger partial charge in [0.1, 0.15) is 5.58 Å². The van der Waals surface area contributed by atoms with Crippen molar-refractivity contribution in [1.29, 1.82) is 0 Å². The van der Waals surface area contributed by atoms with E-state index in [-0.39, 0.29) is 23.9 Å². The van der Waals surface area contributed by atoms with Crippen LogP contribution in [0.25, 0.3) is 11.0 Å². The molecule has 6 rings (SSSR count). The number of benzene rings is 3. The first kappa shape index (κ1) is 21.0. The number of hydrogen-bond acceptors (Lipinski definition) is 5. The second-order valence-electron chi connectivity index (χ2n) is 8.43. The number of rotatable bonds is 4. The number of aryl methyl sites for hydroxylation is 1. The number of hydrogen-bond donors (Lipinski definition) is 0. The standard InChI is InChI=1S/C27H20BrNO5/c1-2-15-3-6-17(7-4-15)24-23-25(30)19-12-18(28)8-10-20(19)34-26(23)27(31)29(24)13-16-5-9-21-22(11-16)33-14-32-21/h3-12,24H,2,13-14H2,1H3. The highest BCUT2D eigenvalue weighted by Gasteiger charge is 2.42. The molecule has 1 aromatic heterocycles. The SMILES string of the molecule is CCc1ccc(C2c3c(oc4ccc(Br)cc4c3=O)C(=O)N2Cc2ccc3c(c2)OCO3)cc1. The van der Waals surface area contributed by atoms with Crippen LogP contribution >= 0.6 is 15.9 Å². The molecule has 0 N–H and O–H groups in total. The topological polar surface area (TPSA) is 69.0 Å². The smallest absolute Gasteiger partial charge is 0.291 e. The Bertz CT molecular complexity index is 1510. The summed E-state index contributed by atoms with van der Waals surface area (Å²) in [7, 11) is 0. The van der Waals surface area contributed by atoms with E-state index in [4.69, 9.17) is 13.9 Å². The minimum atomic E-state index is -0.557. The molecule has 2 aliphatic rings. The van der Waals surface area contributed by atoms with Gasteiger partial charge in [-0.25, -0.2) is 0 Å². The van der Waals surface area contributed by atoms with E-state index in [0.717, 1.165) is 22.0 Å². The first-order valence-corrected chi connectivity index (χ1v) is 11.9. The molecule has 0 aliphatic carbocycles. The van der Waals surface area contributed by atoms with E-state index in [1.54, 1.807) is 23.1 Å². The van der Waals surface area contributed by atoms with Gasteiger partial charge in [0.25, 0.3) is 5.91 Å². The Hall–Kier alpha value is -3.58. The van der Waals surface area contributed by atoms with Crippen molar-refractivity contribution in [2.75, 3.05) is 6.79 Å². The third-order valence-electron chi connectivity index (χ3n) is 6.42. The summed E-state index contributed by atoms with van der Waals surface area (Å²) >= 11 is 3.44. The number of fused-ring (bicyclic) bond motifs is 3. The Morgan fingerprint density at radius 2 is 1.71 bits per heavy atom. The molecule has 0 bridgehead atoms. The van der Waals surface area contributed by atoms with Gasteiger partial charge in [0.2, 0.25) is 12.6 Å². The van der Waals surface area contributed by atoms with E-state index in [1.165, 1.54) is 5.56 Å². The highest BCUT2D eigenvalue weighted by atomic mass is 79.9. The predicted octanol–water partition coefficient (Wildman–Crippen LogP) is 5.59. The van der Waals surface area contributed by atoms with Gasteiger partial charge in [-0.2, -0.15) is 0 Å². The van der Waals surface area contributed by atoms with Crippen LogP contribution in [-0.2, 0) is 13.0 Å². The first-order valence-electron chi connectivity index (χ1n) is 11.1. The van der Waals surface area contributed by atoms with Gasteiger partial charge in [0.05, 0.1) is 17.0 Å². The van der Waals surface area contributed by atoms with E-state index >= 15 is 0 Å². The Morgan fingerprint density at radius 3 is 2.50 bits per heavy atom. The molecule has 7 heteroatoms. The number of ether oxygens (including phenoxy) is 2. The van der Waals surface area contributed by atoms with Crippen LogP contribution < -0.4 is 14.9 Å². The molecule has 4 aromatic rings. The summed E-state index contributed by atoms with van der Waals surface area (Å²) in [5.74, 6) is 1.12. The lowest BCUT2D eigenvalue weighted by molar-refractivity contribution is 0.0714. The van der Waals surface area contributed by atoms with Crippen molar-refractivity contribution in [2.45, 2.75) is 25.9 Å². The molecule has 3 heterocycles. The lowest BCUT2D eigenvalue weighted by Gasteiger charge is -2.25. The Balaban J connectivity index is 1.51. The summed E-state index contributed by atoms with van der Waals surface area (Å²) in [6, 6.07) is 18.4. The first-order chi connectivity index (χ1) is 16.5. The van der Waals surface area contributed by atoms with Gasteiger partial charge in [-0.15, -0.1) is 0 Å². The molecule has 1 amide bonds. The largest absolute Gasteiger partial charge is 0.454 e. The lowest BCUT2D eigenvalue weighted by Crippen LogP contribution is -2.29. The molecule has 0 saturated heterocycles. The molecule has 0 spiro atoms. The maximum absolute atomic E-state index is 13.7. The summed E-state index contributed by atoms with van der Waals surface area (Å²) in [4.78, 5) is 29.0. The molecular formula is C27H20BrNO5. The number of carbonyl (C=O) groups excluding carboxylic acids is 1. The number of carbonyl (C=O) groups is 1. The maximum Gasteiger partial charge on any atom is 0.291 e. The molecule has 170 valence electrons. The minimum Gasteiger partial charge on any atom is -0.454 e. The van der Waals surface area contributed by atoms with Crippen molar-refractivity contribution in [3.8, 4) is 11.5 Å². The van der Waals surface area contributed by atoms with Gasteiger partial charge in [0.15, 0.2) is 16.9 Å². The van der Waals surface area contributed by atoms with E-state index in [9.17, 15) is 9.59 Å². The van der Waals surface area contributed by atoms with E-state index in [1.807, 2.05) is 42.5 Å². The molecule has 6 nitrogen and oxygen atoms in total. The Morgan fingerprint density at radius 1 is 0.941 bits per heavy atom. The van der Waals surface area contributed by atoms with Crippen molar-refractivity contribution in [1.82, 2.24) is 4.90 Å². The lowest BCUT2D eigenvalue weighted by atomic mass is 9.97. The highest BCUT2D eigenvalue weighted by Crippen LogP contribution is 2.40. The molecule has 0 fully saturated rings. The van der Waals surface area contributed by atoms with Gasteiger partial charge in [0, 0.05) is 11.0 Å². The molecule has 0 saturated carbocycles. The van der Waals surface area contributed by atoms with Crippen molar-refractivity contribution in [2.24, 2.45) is 0 Å². The molecule has 1 unspecified atom stereocenters. The highest BCUT2D eigenvalue weighted by molar-refractivity contribution is 9.10. The van der Waals surface area contributed by atoms with Gasteiger partial charge >= 0.3 is 0 Å². The Labute approximate surface area is 203 Å². The quantitative estimate of drug-likeness (QED) is 0.352. The fourth-order valence-electron chi connectivity index (χ4n) is 4.67. The monoisotopic (exact) mass is 517 g/mol. The van der Waals surface area contributed by atoms with Gasteiger partial charge in [-0.05, 0) is 53.4 Å². The van der Waals surface area contributed by atoms with Gasteiger partial charge in [-0.1, -0.05) is 53.2 Å². The zero-order chi connectivity index (χ0) is 23.4. The average Bonchev–Trinajstić information content (AvgIpc) is 3.43. The van der Waals surface area contributed by atoms with Crippen LogP contribution in [0.4, 0.5) is 0 Å². The second-order valence-corrected chi connectivity index (χ2v) is 9.35. The van der Waals surface area contributed by atoms with E-state index in [0.29, 0.717) is 34.6 Å². The normalized spacial score (nSPS) is 16.4.